The second-order valence-corrected chi connectivity index (χ2v) is 6.66. The molecule has 1 aliphatic heterocycles. The van der Waals surface area contributed by atoms with Crippen LogP contribution in [-0.4, -0.2) is 26.7 Å². The lowest BCUT2D eigenvalue weighted by Crippen LogP contribution is -2.16. The van der Waals surface area contributed by atoms with Gasteiger partial charge in [-0.15, -0.1) is 0 Å². The molecule has 0 radical (unpaired) electrons. The van der Waals surface area contributed by atoms with E-state index in [4.69, 9.17) is 0 Å². The number of aryl methyl sites for hydroxylation is 1. The number of nitrogens with one attached hydrogen (secondary N) is 3. The second-order valence-electron chi connectivity index (χ2n) is 6.66. The minimum atomic E-state index is -4.50. The highest BCUT2D eigenvalue weighted by Gasteiger charge is 2.36. The van der Waals surface area contributed by atoms with Crippen molar-refractivity contribution in [1.82, 2.24) is 25.5 Å². The number of aromatic nitrogens is 4. The lowest BCUT2D eigenvalue weighted by Gasteiger charge is -2.15. The third-order valence-electron chi connectivity index (χ3n) is 4.66. The van der Waals surface area contributed by atoms with Crippen LogP contribution in [0.15, 0.2) is 24.3 Å². The Morgan fingerprint density at radius 1 is 1.26 bits per heavy atom. The van der Waals surface area contributed by atoms with Gasteiger partial charge in [0.2, 0.25) is 0 Å². The van der Waals surface area contributed by atoms with E-state index in [1.54, 1.807) is 0 Å². The molecular formula is C18H19F3N6. The van der Waals surface area contributed by atoms with E-state index in [0.717, 1.165) is 36.8 Å². The Morgan fingerprint density at radius 3 is 2.81 bits per heavy atom. The van der Waals surface area contributed by atoms with Gasteiger partial charge in [0.1, 0.15) is 0 Å². The van der Waals surface area contributed by atoms with Crippen LogP contribution in [0.2, 0.25) is 0 Å². The molecule has 1 fully saturated rings. The zero-order valence-electron chi connectivity index (χ0n) is 14.7. The molecule has 0 spiro atoms. The van der Waals surface area contributed by atoms with Gasteiger partial charge in [-0.1, -0.05) is 6.07 Å². The lowest BCUT2D eigenvalue weighted by molar-refractivity contribution is -0.136. The summed E-state index contributed by atoms with van der Waals surface area (Å²) in [6.45, 7) is 2.91. The summed E-state index contributed by atoms with van der Waals surface area (Å²) in [6, 6.07) is 6.49. The zero-order chi connectivity index (χ0) is 19.0. The van der Waals surface area contributed by atoms with Gasteiger partial charge in [0, 0.05) is 11.7 Å². The summed E-state index contributed by atoms with van der Waals surface area (Å²) in [7, 11) is 0. The van der Waals surface area contributed by atoms with E-state index in [2.05, 4.69) is 30.8 Å². The first-order valence-corrected chi connectivity index (χ1v) is 8.78. The molecule has 4 heterocycles. The molecule has 3 aromatic rings. The van der Waals surface area contributed by atoms with Crippen LogP contribution in [0.5, 0.6) is 0 Å². The second kappa shape index (κ2) is 6.80. The van der Waals surface area contributed by atoms with Crippen molar-refractivity contribution in [3.8, 4) is 0 Å². The molecule has 4 rings (SSSR count). The molecule has 142 valence electrons. The fourth-order valence-electron chi connectivity index (χ4n) is 3.39. The van der Waals surface area contributed by atoms with Gasteiger partial charge in [-0.25, -0.2) is 4.98 Å². The smallest absolute Gasteiger partial charge is 0.362 e. The first-order chi connectivity index (χ1) is 12.9. The Hall–Kier alpha value is -2.68. The Labute approximate surface area is 153 Å². The third-order valence-corrected chi connectivity index (χ3v) is 4.66. The summed E-state index contributed by atoms with van der Waals surface area (Å²) >= 11 is 0. The van der Waals surface area contributed by atoms with Crippen molar-refractivity contribution in [2.24, 2.45) is 0 Å². The molecule has 3 N–H and O–H groups in total. The van der Waals surface area contributed by atoms with Crippen LogP contribution in [0, 0.1) is 6.92 Å². The quantitative estimate of drug-likeness (QED) is 0.647. The Morgan fingerprint density at radius 2 is 2.11 bits per heavy atom. The molecule has 0 bridgehead atoms. The van der Waals surface area contributed by atoms with Crippen molar-refractivity contribution in [3.63, 3.8) is 0 Å². The third kappa shape index (κ3) is 3.59. The van der Waals surface area contributed by atoms with E-state index in [0.29, 0.717) is 5.69 Å². The van der Waals surface area contributed by atoms with Crippen molar-refractivity contribution in [1.29, 1.82) is 0 Å². The summed E-state index contributed by atoms with van der Waals surface area (Å²) in [6.07, 6.45) is -2.81. The van der Waals surface area contributed by atoms with Crippen LogP contribution < -0.4 is 10.6 Å². The van der Waals surface area contributed by atoms with Gasteiger partial charge in [-0.05, 0) is 44.5 Å². The van der Waals surface area contributed by atoms with Gasteiger partial charge in [-0.2, -0.15) is 18.3 Å². The summed E-state index contributed by atoms with van der Waals surface area (Å²) in [4.78, 5) is 8.73. The maximum absolute atomic E-state index is 13.7. The molecule has 0 unspecified atom stereocenters. The number of aromatic amines is 1. The normalized spacial score (nSPS) is 17.6. The highest BCUT2D eigenvalue weighted by Crippen LogP contribution is 2.39. The standard InChI is InChI=1S/C18H19F3N6/c1-10-4-2-5-11(24-10)9-23-16-15-12(18(19,20)21)8-14(13-6-3-7-22-13)25-17(15)27-26-16/h2,4-5,8,13,22H,3,6-7,9H2,1H3,(H2,23,25,26,27)/t13-/m1/s1. The number of hydrogen-bond donors (Lipinski definition) is 3. The molecule has 0 aliphatic carbocycles. The highest BCUT2D eigenvalue weighted by atomic mass is 19.4. The van der Waals surface area contributed by atoms with Crippen molar-refractivity contribution in [2.45, 2.75) is 38.5 Å². The lowest BCUT2D eigenvalue weighted by atomic mass is 10.1. The number of pyridine rings is 2. The number of anilines is 1. The molecule has 6 nitrogen and oxygen atoms in total. The summed E-state index contributed by atoms with van der Waals surface area (Å²) in [5, 5.41) is 12.8. The van der Waals surface area contributed by atoms with Crippen LogP contribution in [0.4, 0.5) is 19.0 Å². The minimum absolute atomic E-state index is 0.0445. The van der Waals surface area contributed by atoms with Gasteiger partial charge < -0.3 is 10.6 Å². The predicted molar refractivity (Wildman–Crippen MR) is 95.2 cm³/mol. The van der Waals surface area contributed by atoms with E-state index < -0.39 is 11.7 Å². The van der Waals surface area contributed by atoms with E-state index in [9.17, 15) is 13.2 Å². The average molecular weight is 376 g/mol. The van der Waals surface area contributed by atoms with Crippen LogP contribution >= 0.6 is 0 Å². The van der Waals surface area contributed by atoms with Gasteiger partial charge in [0.25, 0.3) is 0 Å². The monoisotopic (exact) mass is 376 g/mol. The molecule has 0 aromatic carbocycles. The number of hydrogen-bond acceptors (Lipinski definition) is 5. The van der Waals surface area contributed by atoms with Crippen molar-refractivity contribution < 1.29 is 13.2 Å². The van der Waals surface area contributed by atoms with Gasteiger partial charge >= 0.3 is 6.18 Å². The number of halogens is 3. The molecule has 9 heteroatoms. The number of H-pyrrole nitrogens is 1. The average Bonchev–Trinajstić information content (AvgIpc) is 3.28. The number of nitrogens with zero attached hydrogens (tertiary/aromatic N) is 3. The Bertz CT molecular complexity index is 959. The van der Waals surface area contributed by atoms with E-state index >= 15 is 0 Å². The number of fused-ring (bicyclic) bond motifs is 1. The van der Waals surface area contributed by atoms with Crippen molar-refractivity contribution in [2.75, 3.05) is 11.9 Å². The zero-order valence-corrected chi connectivity index (χ0v) is 14.7. The van der Waals surface area contributed by atoms with Crippen LogP contribution in [-0.2, 0) is 12.7 Å². The molecule has 3 aromatic heterocycles. The first kappa shape index (κ1) is 17.7. The molecular weight excluding hydrogens is 357 g/mol. The maximum atomic E-state index is 13.7. The molecule has 0 saturated carbocycles. The predicted octanol–water partition coefficient (Wildman–Crippen LogP) is 3.72. The summed E-state index contributed by atoms with van der Waals surface area (Å²) in [5.41, 5.74) is 1.35. The molecule has 1 atom stereocenters. The van der Waals surface area contributed by atoms with Crippen molar-refractivity contribution in [3.05, 3.63) is 46.9 Å². The van der Waals surface area contributed by atoms with E-state index in [1.807, 2.05) is 25.1 Å². The van der Waals surface area contributed by atoms with E-state index in [1.165, 1.54) is 0 Å². The van der Waals surface area contributed by atoms with Crippen LogP contribution in [0.1, 0.15) is 41.5 Å². The fraction of sp³-hybridized carbons (Fsp3) is 0.389. The largest absolute Gasteiger partial charge is 0.417 e. The Balaban J connectivity index is 1.71. The van der Waals surface area contributed by atoms with Crippen molar-refractivity contribution >= 4 is 16.9 Å². The number of alkyl halides is 3. The first-order valence-electron chi connectivity index (χ1n) is 8.78. The van der Waals surface area contributed by atoms with Gasteiger partial charge in [-0.3, -0.25) is 10.1 Å². The Kier molecular flexibility index (Phi) is 4.47. The van der Waals surface area contributed by atoms with Gasteiger partial charge in [0.15, 0.2) is 11.5 Å². The highest BCUT2D eigenvalue weighted by molar-refractivity contribution is 5.91. The summed E-state index contributed by atoms with van der Waals surface area (Å²) < 4.78 is 41.2. The molecule has 1 saturated heterocycles. The van der Waals surface area contributed by atoms with Gasteiger partial charge in [0.05, 0.1) is 28.9 Å². The molecule has 1 aliphatic rings. The van der Waals surface area contributed by atoms with Crippen LogP contribution in [0.3, 0.4) is 0 Å². The maximum Gasteiger partial charge on any atom is 0.417 e. The number of rotatable bonds is 4. The molecule has 27 heavy (non-hydrogen) atoms. The minimum Gasteiger partial charge on any atom is -0.362 e. The van der Waals surface area contributed by atoms with E-state index in [-0.39, 0.29) is 29.4 Å². The van der Waals surface area contributed by atoms with Crippen LogP contribution in [0.25, 0.3) is 11.0 Å². The molecule has 0 amide bonds. The summed E-state index contributed by atoms with van der Waals surface area (Å²) in [5.74, 6) is 0.124. The topological polar surface area (TPSA) is 78.5 Å². The fourth-order valence-corrected chi connectivity index (χ4v) is 3.39. The SMILES string of the molecule is Cc1cccc(CNc2n[nH]c3nc([C@H]4CCCN4)cc(C(F)(F)F)c23)n1.